The molecule has 1 unspecified atom stereocenters. The Labute approximate surface area is 101 Å². The van der Waals surface area contributed by atoms with E-state index < -0.39 is 22.9 Å². The molecule has 1 amide bonds. The minimum atomic E-state index is -1.13. The fourth-order valence-corrected chi connectivity index (χ4v) is 1.18. The second-order valence-corrected chi connectivity index (χ2v) is 5.21. The molecule has 0 aromatic carbocycles. The van der Waals surface area contributed by atoms with Crippen molar-refractivity contribution in [1.29, 1.82) is 0 Å². The summed E-state index contributed by atoms with van der Waals surface area (Å²) in [6.07, 6.45) is 0.950. The summed E-state index contributed by atoms with van der Waals surface area (Å²) >= 11 is 4.12. The van der Waals surface area contributed by atoms with Crippen LogP contribution in [0.25, 0.3) is 0 Å². The number of thiol groups is 1. The Balaban J connectivity index is 4.21. The lowest BCUT2D eigenvalue weighted by atomic mass is 10.0. The molecule has 16 heavy (non-hydrogen) atoms. The van der Waals surface area contributed by atoms with Crippen molar-refractivity contribution >= 4 is 24.7 Å². The molecule has 94 valence electrons. The Hall–Kier alpha value is -0.910. The number of amides is 1. The molecule has 0 radical (unpaired) electrons. The number of hydrogen-bond donors (Lipinski definition) is 3. The van der Waals surface area contributed by atoms with Crippen molar-refractivity contribution in [3.63, 3.8) is 0 Å². The molecule has 0 aliphatic heterocycles. The number of carbonyl (C=O) groups is 2. The molecule has 0 aromatic heterocycles. The summed E-state index contributed by atoms with van der Waals surface area (Å²) in [5.41, 5.74) is 0. The SMILES string of the molecule is CCCCOC(=O)NC(C(=O)O)C(C)(C)S. The molecule has 0 aliphatic rings. The molecule has 0 heterocycles. The average Bonchev–Trinajstić information content (AvgIpc) is 2.12. The van der Waals surface area contributed by atoms with E-state index in [-0.39, 0.29) is 0 Å². The predicted octanol–water partition coefficient (Wildman–Crippen LogP) is 1.67. The van der Waals surface area contributed by atoms with Crippen LogP contribution in [-0.4, -0.2) is 34.6 Å². The van der Waals surface area contributed by atoms with E-state index in [2.05, 4.69) is 17.9 Å². The van der Waals surface area contributed by atoms with Crippen LogP contribution >= 0.6 is 12.6 Å². The smallest absolute Gasteiger partial charge is 0.407 e. The Kier molecular flexibility index (Phi) is 6.25. The van der Waals surface area contributed by atoms with Gasteiger partial charge in [0.1, 0.15) is 6.04 Å². The van der Waals surface area contributed by atoms with E-state index in [9.17, 15) is 9.59 Å². The molecule has 0 saturated heterocycles. The number of nitrogens with one attached hydrogen (secondary N) is 1. The first kappa shape index (κ1) is 15.1. The van der Waals surface area contributed by atoms with Crippen LogP contribution < -0.4 is 5.32 Å². The molecule has 6 heteroatoms. The molecule has 2 N–H and O–H groups in total. The van der Waals surface area contributed by atoms with Crippen LogP contribution in [0.3, 0.4) is 0 Å². The zero-order valence-corrected chi connectivity index (χ0v) is 10.7. The van der Waals surface area contributed by atoms with Gasteiger partial charge in [0.25, 0.3) is 0 Å². The van der Waals surface area contributed by atoms with Gasteiger partial charge < -0.3 is 15.2 Å². The first-order valence-corrected chi connectivity index (χ1v) is 5.62. The second kappa shape index (κ2) is 6.62. The minimum Gasteiger partial charge on any atom is -0.480 e. The van der Waals surface area contributed by atoms with Crippen LogP contribution in [0, 0.1) is 0 Å². The van der Waals surface area contributed by atoms with Crippen LogP contribution in [0.5, 0.6) is 0 Å². The average molecular weight is 249 g/mol. The molecule has 1 atom stereocenters. The maximum atomic E-state index is 11.2. The summed E-state index contributed by atoms with van der Waals surface area (Å²) in [4.78, 5) is 22.1. The first-order chi connectivity index (χ1) is 7.29. The molecule has 0 aliphatic carbocycles. The monoisotopic (exact) mass is 249 g/mol. The number of carboxylic acid groups (broad SMARTS) is 1. The highest BCUT2D eigenvalue weighted by Crippen LogP contribution is 2.17. The minimum absolute atomic E-state index is 0.293. The largest absolute Gasteiger partial charge is 0.480 e. The third kappa shape index (κ3) is 5.85. The highest BCUT2D eigenvalue weighted by atomic mass is 32.1. The van der Waals surface area contributed by atoms with Crippen molar-refractivity contribution in [2.75, 3.05) is 6.61 Å². The van der Waals surface area contributed by atoms with Gasteiger partial charge in [0.05, 0.1) is 6.61 Å². The predicted molar refractivity (Wildman–Crippen MR) is 63.9 cm³/mol. The summed E-state index contributed by atoms with van der Waals surface area (Å²) in [5, 5.41) is 11.2. The van der Waals surface area contributed by atoms with E-state index in [1.807, 2.05) is 6.92 Å². The van der Waals surface area contributed by atoms with Crippen molar-refractivity contribution in [3.05, 3.63) is 0 Å². The Morgan fingerprint density at radius 2 is 2.06 bits per heavy atom. The quantitative estimate of drug-likeness (QED) is 0.494. The number of hydrogen-bond acceptors (Lipinski definition) is 4. The van der Waals surface area contributed by atoms with Crippen LogP contribution in [0.1, 0.15) is 33.6 Å². The van der Waals surface area contributed by atoms with Crippen molar-refractivity contribution in [3.8, 4) is 0 Å². The normalized spacial score (nSPS) is 13.0. The van der Waals surface area contributed by atoms with Gasteiger partial charge in [0.2, 0.25) is 0 Å². The van der Waals surface area contributed by atoms with Gasteiger partial charge in [-0.1, -0.05) is 13.3 Å². The van der Waals surface area contributed by atoms with E-state index in [0.717, 1.165) is 12.8 Å². The van der Waals surface area contributed by atoms with Crippen molar-refractivity contribution in [2.45, 2.75) is 44.4 Å². The molecular weight excluding hydrogens is 230 g/mol. The Bertz CT molecular complexity index is 250. The zero-order chi connectivity index (χ0) is 12.8. The Morgan fingerprint density at radius 1 is 1.50 bits per heavy atom. The van der Waals surface area contributed by atoms with Gasteiger partial charge in [-0.3, -0.25) is 0 Å². The number of aliphatic carboxylic acids is 1. The third-order valence-corrected chi connectivity index (χ3v) is 2.20. The van der Waals surface area contributed by atoms with Crippen LogP contribution in [-0.2, 0) is 9.53 Å². The molecule has 5 nitrogen and oxygen atoms in total. The summed E-state index contributed by atoms with van der Waals surface area (Å²) in [5.74, 6) is -1.13. The van der Waals surface area contributed by atoms with E-state index in [0.29, 0.717) is 6.61 Å². The summed E-state index contributed by atoms with van der Waals surface area (Å²) in [7, 11) is 0. The molecule has 0 bridgehead atoms. The summed E-state index contributed by atoms with van der Waals surface area (Å²) in [6, 6.07) is -1.08. The third-order valence-electron chi connectivity index (χ3n) is 1.95. The van der Waals surface area contributed by atoms with Gasteiger partial charge >= 0.3 is 12.1 Å². The summed E-state index contributed by atoms with van der Waals surface area (Å²) < 4.78 is 3.96. The maximum Gasteiger partial charge on any atom is 0.407 e. The van der Waals surface area contributed by atoms with E-state index in [4.69, 9.17) is 9.84 Å². The van der Waals surface area contributed by atoms with Crippen molar-refractivity contribution in [2.24, 2.45) is 0 Å². The number of alkyl carbamates (subject to hydrolysis) is 1. The molecule has 0 saturated carbocycles. The lowest BCUT2D eigenvalue weighted by Crippen LogP contribution is -2.51. The van der Waals surface area contributed by atoms with Crippen LogP contribution in [0.2, 0.25) is 0 Å². The topological polar surface area (TPSA) is 75.6 Å². The number of ether oxygens (including phenoxy) is 1. The number of unbranched alkanes of at least 4 members (excludes halogenated alkanes) is 1. The van der Waals surface area contributed by atoms with E-state index in [1.165, 1.54) is 0 Å². The molecule has 0 fully saturated rings. The standard InChI is InChI=1S/C10H19NO4S/c1-4-5-6-15-9(14)11-7(8(12)13)10(2,3)16/h7,16H,4-6H2,1-3H3,(H,11,14)(H,12,13). The van der Waals surface area contributed by atoms with Gasteiger partial charge in [-0.25, -0.2) is 9.59 Å². The van der Waals surface area contributed by atoms with Crippen molar-refractivity contribution < 1.29 is 19.4 Å². The fraction of sp³-hybridized carbons (Fsp3) is 0.800. The number of carbonyl (C=O) groups excluding carboxylic acids is 1. The van der Waals surface area contributed by atoms with Gasteiger partial charge in [0.15, 0.2) is 0 Å². The highest BCUT2D eigenvalue weighted by molar-refractivity contribution is 7.81. The van der Waals surface area contributed by atoms with Gasteiger partial charge in [-0.15, -0.1) is 0 Å². The number of rotatable bonds is 6. The van der Waals surface area contributed by atoms with Gasteiger partial charge in [-0.05, 0) is 20.3 Å². The van der Waals surface area contributed by atoms with Gasteiger partial charge in [-0.2, -0.15) is 12.6 Å². The second-order valence-electron chi connectivity index (χ2n) is 4.06. The lowest BCUT2D eigenvalue weighted by molar-refractivity contribution is -0.140. The fourth-order valence-electron chi connectivity index (χ4n) is 1.01. The molecule has 0 aromatic rings. The summed E-state index contributed by atoms with van der Waals surface area (Å²) in [6.45, 7) is 5.49. The van der Waals surface area contributed by atoms with Crippen LogP contribution in [0.15, 0.2) is 0 Å². The molecular formula is C10H19NO4S. The number of carboxylic acids is 1. The van der Waals surface area contributed by atoms with Gasteiger partial charge in [0, 0.05) is 4.75 Å². The first-order valence-electron chi connectivity index (χ1n) is 5.17. The molecule has 0 spiro atoms. The lowest BCUT2D eigenvalue weighted by Gasteiger charge is -2.26. The zero-order valence-electron chi connectivity index (χ0n) is 9.82. The van der Waals surface area contributed by atoms with Crippen LogP contribution in [0.4, 0.5) is 4.79 Å². The Morgan fingerprint density at radius 3 is 2.44 bits per heavy atom. The molecule has 0 rings (SSSR count). The van der Waals surface area contributed by atoms with E-state index in [1.54, 1.807) is 13.8 Å². The van der Waals surface area contributed by atoms with E-state index >= 15 is 0 Å². The van der Waals surface area contributed by atoms with Crippen molar-refractivity contribution in [1.82, 2.24) is 5.32 Å². The maximum absolute atomic E-state index is 11.2. The highest BCUT2D eigenvalue weighted by Gasteiger charge is 2.33.